The van der Waals surface area contributed by atoms with Gasteiger partial charge in [0.1, 0.15) is 17.3 Å². The average Bonchev–Trinajstić information content (AvgIpc) is 3.20. The van der Waals surface area contributed by atoms with E-state index >= 15 is 0 Å². The van der Waals surface area contributed by atoms with Crippen molar-refractivity contribution < 1.29 is 22.8 Å². The van der Waals surface area contributed by atoms with Crippen LogP contribution in [0.25, 0.3) is 0 Å². The lowest BCUT2D eigenvalue weighted by Crippen LogP contribution is -2.26. The van der Waals surface area contributed by atoms with Gasteiger partial charge in [-0.3, -0.25) is 15.1 Å². The van der Waals surface area contributed by atoms with Crippen molar-refractivity contribution in [2.24, 2.45) is 0 Å². The second-order valence-electron chi connectivity index (χ2n) is 7.82. The summed E-state index contributed by atoms with van der Waals surface area (Å²) in [6.45, 7) is 3.57. The monoisotopic (exact) mass is 485 g/mol. The molecule has 0 amide bonds. The summed E-state index contributed by atoms with van der Waals surface area (Å²) >= 11 is 0. The fraction of sp³-hybridized carbons (Fsp3) is 0.273. The SMILES string of the molecule is COc1cnc(CNS(=O)(=O)c2cc(C)c([N+](=O)[O-])cc2NC2COc3ccc(C)cc32)cn1. The van der Waals surface area contributed by atoms with Gasteiger partial charge in [-0.2, -0.15) is 0 Å². The van der Waals surface area contributed by atoms with E-state index in [2.05, 4.69) is 20.0 Å². The standard InChI is InChI=1S/C22H23N5O6S/c1-13-4-5-20-16(6-13)18(12-33-20)26-17-8-19(27(28)29)14(2)7-21(17)34(30,31)25-10-15-9-24-22(32-3)11-23-15/h4-9,11,18,25-26H,10,12H2,1-3H3. The van der Waals surface area contributed by atoms with Crippen LogP contribution in [0.5, 0.6) is 11.6 Å². The Labute approximate surface area is 196 Å². The van der Waals surface area contributed by atoms with Crippen molar-refractivity contribution in [3.63, 3.8) is 0 Å². The molecule has 178 valence electrons. The van der Waals surface area contributed by atoms with Crippen molar-refractivity contribution >= 4 is 21.4 Å². The zero-order valence-corrected chi connectivity index (χ0v) is 19.5. The van der Waals surface area contributed by atoms with Gasteiger partial charge >= 0.3 is 0 Å². The lowest BCUT2D eigenvalue weighted by atomic mass is 10.1. The predicted molar refractivity (Wildman–Crippen MR) is 123 cm³/mol. The predicted octanol–water partition coefficient (Wildman–Crippen LogP) is 3.03. The number of aromatic nitrogens is 2. The third-order valence-electron chi connectivity index (χ3n) is 5.39. The first-order valence-corrected chi connectivity index (χ1v) is 11.8. The van der Waals surface area contributed by atoms with Gasteiger partial charge in [-0.25, -0.2) is 18.1 Å². The van der Waals surface area contributed by atoms with Gasteiger partial charge < -0.3 is 14.8 Å². The lowest BCUT2D eigenvalue weighted by Gasteiger charge is -2.18. The molecule has 34 heavy (non-hydrogen) atoms. The first-order valence-electron chi connectivity index (χ1n) is 10.3. The largest absolute Gasteiger partial charge is 0.491 e. The van der Waals surface area contributed by atoms with E-state index in [1.54, 1.807) is 0 Å². The van der Waals surface area contributed by atoms with Crippen LogP contribution in [-0.2, 0) is 16.6 Å². The van der Waals surface area contributed by atoms with Crippen molar-refractivity contribution in [3.8, 4) is 11.6 Å². The highest BCUT2D eigenvalue weighted by Crippen LogP contribution is 2.38. The van der Waals surface area contributed by atoms with E-state index in [4.69, 9.17) is 9.47 Å². The number of ether oxygens (including phenoxy) is 2. The first-order chi connectivity index (χ1) is 16.2. The summed E-state index contributed by atoms with van der Waals surface area (Å²) in [6.07, 6.45) is 2.78. The summed E-state index contributed by atoms with van der Waals surface area (Å²) in [5.74, 6) is 0.990. The second kappa shape index (κ2) is 9.23. The Morgan fingerprint density at radius 3 is 2.68 bits per heavy atom. The molecule has 1 unspecified atom stereocenters. The topological polar surface area (TPSA) is 146 Å². The Hall–Kier alpha value is -3.77. The van der Waals surface area contributed by atoms with Crippen LogP contribution in [0.2, 0.25) is 0 Å². The molecule has 0 aliphatic carbocycles. The van der Waals surface area contributed by atoms with Gasteiger partial charge in [0.15, 0.2) is 0 Å². The zero-order valence-electron chi connectivity index (χ0n) is 18.7. The molecular formula is C22H23N5O6S. The number of nitrogens with one attached hydrogen (secondary N) is 2. The van der Waals surface area contributed by atoms with Crippen LogP contribution in [0.1, 0.15) is 28.4 Å². The number of nitro benzene ring substituents is 1. The molecule has 2 aromatic carbocycles. The van der Waals surface area contributed by atoms with Gasteiger partial charge in [0.2, 0.25) is 15.9 Å². The molecule has 1 aromatic heterocycles. The van der Waals surface area contributed by atoms with Crippen LogP contribution < -0.4 is 19.5 Å². The van der Waals surface area contributed by atoms with Crippen LogP contribution in [-0.4, -0.2) is 37.0 Å². The number of methoxy groups -OCH3 is 1. The van der Waals surface area contributed by atoms with Crippen LogP contribution >= 0.6 is 0 Å². The summed E-state index contributed by atoms with van der Waals surface area (Å²) < 4.78 is 39.6. The maximum absolute atomic E-state index is 13.2. The molecule has 12 heteroatoms. The molecule has 0 saturated carbocycles. The van der Waals surface area contributed by atoms with Crippen molar-refractivity contribution in [2.75, 3.05) is 19.0 Å². The minimum Gasteiger partial charge on any atom is -0.491 e. The van der Waals surface area contributed by atoms with Gasteiger partial charge in [-0.1, -0.05) is 17.7 Å². The molecule has 0 spiro atoms. The van der Waals surface area contributed by atoms with Gasteiger partial charge in [0.05, 0.1) is 48.4 Å². The molecule has 1 atom stereocenters. The molecule has 2 N–H and O–H groups in total. The summed E-state index contributed by atoms with van der Waals surface area (Å²) in [6, 6.07) is 7.86. The number of aryl methyl sites for hydroxylation is 2. The van der Waals surface area contributed by atoms with Crippen LogP contribution in [0.15, 0.2) is 47.6 Å². The number of rotatable bonds is 8. The number of nitrogens with zero attached hydrogens (tertiary/aromatic N) is 3. The van der Waals surface area contributed by atoms with E-state index in [0.717, 1.165) is 11.1 Å². The summed E-state index contributed by atoms with van der Waals surface area (Å²) in [4.78, 5) is 19.0. The molecule has 2 heterocycles. The number of hydrogen-bond acceptors (Lipinski definition) is 9. The third kappa shape index (κ3) is 4.77. The number of hydrogen-bond donors (Lipinski definition) is 2. The molecule has 0 bridgehead atoms. The number of sulfonamides is 1. The number of benzene rings is 2. The fourth-order valence-electron chi connectivity index (χ4n) is 3.63. The van der Waals surface area contributed by atoms with Crippen molar-refractivity contribution in [1.82, 2.24) is 14.7 Å². The molecular weight excluding hydrogens is 462 g/mol. The lowest BCUT2D eigenvalue weighted by molar-refractivity contribution is -0.385. The van der Waals surface area contributed by atoms with E-state index in [1.165, 1.54) is 38.6 Å². The molecule has 4 rings (SSSR count). The zero-order chi connectivity index (χ0) is 24.5. The molecule has 0 saturated heterocycles. The molecule has 1 aliphatic rings. The van der Waals surface area contributed by atoms with E-state index in [9.17, 15) is 18.5 Å². The normalized spacial score (nSPS) is 14.9. The Morgan fingerprint density at radius 2 is 2.00 bits per heavy atom. The smallest absolute Gasteiger partial charge is 0.274 e. The highest BCUT2D eigenvalue weighted by molar-refractivity contribution is 7.89. The highest BCUT2D eigenvalue weighted by Gasteiger charge is 2.29. The summed E-state index contributed by atoms with van der Waals surface area (Å²) in [5.41, 5.74) is 2.39. The highest BCUT2D eigenvalue weighted by atomic mass is 32.2. The van der Waals surface area contributed by atoms with Crippen LogP contribution in [0, 0.1) is 24.0 Å². The summed E-state index contributed by atoms with van der Waals surface area (Å²) in [7, 11) is -2.62. The van der Waals surface area contributed by atoms with Gasteiger partial charge in [0, 0.05) is 17.2 Å². The third-order valence-corrected chi connectivity index (χ3v) is 6.84. The maximum Gasteiger partial charge on any atom is 0.274 e. The van der Waals surface area contributed by atoms with Gasteiger partial charge in [-0.05, 0) is 26.0 Å². The van der Waals surface area contributed by atoms with E-state index < -0.39 is 14.9 Å². The Bertz CT molecular complexity index is 1340. The second-order valence-corrected chi connectivity index (χ2v) is 9.55. The van der Waals surface area contributed by atoms with E-state index in [0.29, 0.717) is 17.3 Å². The van der Waals surface area contributed by atoms with E-state index in [-0.39, 0.29) is 41.0 Å². The number of fused-ring (bicyclic) bond motifs is 1. The van der Waals surface area contributed by atoms with Gasteiger partial charge in [-0.15, -0.1) is 0 Å². The Balaban J connectivity index is 1.67. The van der Waals surface area contributed by atoms with Crippen LogP contribution in [0.4, 0.5) is 11.4 Å². The molecule has 1 aliphatic heterocycles. The van der Waals surface area contributed by atoms with Crippen molar-refractivity contribution in [1.29, 1.82) is 0 Å². The first kappa shape index (κ1) is 23.4. The van der Waals surface area contributed by atoms with Gasteiger partial charge in [0.25, 0.3) is 5.69 Å². The van der Waals surface area contributed by atoms with Crippen molar-refractivity contribution in [2.45, 2.75) is 31.3 Å². The molecule has 11 nitrogen and oxygen atoms in total. The maximum atomic E-state index is 13.2. The Kier molecular flexibility index (Phi) is 6.35. The number of anilines is 1. The average molecular weight is 486 g/mol. The van der Waals surface area contributed by atoms with Crippen LogP contribution in [0.3, 0.4) is 0 Å². The minimum absolute atomic E-state index is 0.105. The fourth-order valence-corrected chi connectivity index (χ4v) is 4.86. The molecule has 0 fully saturated rings. The Morgan fingerprint density at radius 1 is 1.21 bits per heavy atom. The van der Waals surface area contributed by atoms with Crippen molar-refractivity contribution in [3.05, 3.63) is 75.2 Å². The summed E-state index contributed by atoms with van der Waals surface area (Å²) in [5, 5.41) is 14.7. The minimum atomic E-state index is -4.07. The van der Waals surface area contributed by atoms with E-state index in [1.807, 2.05) is 25.1 Å². The number of nitro groups is 1. The molecule has 0 radical (unpaired) electrons. The molecule has 3 aromatic rings. The quantitative estimate of drug-likeness (QED) is 0.363.